The van der Waals surface area contributed by atoms with Gasteiger partial charge in [0.2, 0.25) is 0 Å². The number of amides is 1. The molecule has 5 nitrogen and oxygen atoms in total. The van der Waals surface area contributed by atoms with Crippen LogP contribution < -0.4 is 0 Å². The van der Waals surface area contributed by atoms with E-state index in [0.717, 1.165) is 43.8 Å². The van der Waals surface area contributed by atoms with Crippen LogP contribution in [0.15, 0.2) is 22.9 Å². The fraction of sp³-hybridized carbons (Fsp3) is 0.600. The number of hydrogen-bond donors (Lipinski definition) is 0. The van der Waals surface area contributed by atoms with Crippen LogP contribution in [-0.2, 0) is 4.74 Å². The maximum absolute atomic E-state index is 12.4. The topological polar surface area (TPSA) is 45.7 Å². The van der Waals surface area contributed by atoms with Gasteiger partial charge >= 0.3 is 0 Å². The molecule has 6 heteroatoms. The van der Waals surface area contributed by atoms with Crippen molar-refractivity contribution in [2.45, 2.75) is 18.9 Å². The van der Waals surface area contributed by atoms with Crippen LogP contribution in [0.3, 0.4) is 0 Å². The normalized spacial score (nSPS) is 23.5. The van der Waals surface area contributed by atoms with E-state index in [2.05, 4.69) is 25.8 Å². The number of piperazine rings is 1. The molecule has 1 amide bonds. The number of carbonyl (C=O) groups is 1. The first-order valence-corrected chi connectivity index (χ1v) is 8.25. The van der Waals surface area contributed by atoms with Gasteiger partial charge in [0.15, 0.2) is 0 Å². The molecular weight excluding hydrogens is 334 g/mol. The predicted molar refractivity (Wildman–Crippen MR) is 83.3 cm³/mol. The Morgan fingerprint density at radius 3 is 2.81 bits per heavy atom. The minimum atomic E-state index is 0.0700. The number of hydrogen-bond acceptors (Lipinski definition) is 4. The summed E-state index contributed by atoms with van der Waals surface area (Å²) in [6.07, 6.45) is 6.06. The van der Waals surface area contributed by atoms with E-state index >= 15 is 0 Å². The van der Waals surface area contributed by atoms with Gasteiger partial charge in [-0.3, -0.25) is 14.7 Å². The maximum Gasteiger partial charge on any atom is 0.255 e. The molecule has 1 unspecified atom stereocenters. The van der Waals surface area contributed by atoms with Crippen LogP contribution in [0.5, 0.6) is 0 Å². The van der Waals surface area contributed by atoms with E-state index in [4.69, 9.17) is 4.74 Å². The van der Waals surface area contributed by atoms with Crippen LogP contribution in [0.25, 0.3) is 0 Å². The number of aromatic nitrogens is 1. The highest BCUT2D eigenvalue weighted by atomic mass is 79.9. The Hall–Kier alpha value is -0.980. The maximum atomic E-state index is 12.4. The average Bonchev–Trinajstić information content (AvgIpc) is 3.00. The van der Waals surface area contributed by atoms with Crippen LogP contribution in [0.2, 0.25) is 0 Å². The third-order valence-corrected chi connectivity index (χ3v) is 4.53. The highest BCUT2D eigenvalue weighted by Crippen LogP contribution is 2.16. The fourth-order valence-electron chi connectivity index (χ4n) is 2.92. The Bertz CT molecular complexity index is 497. The first-order chi connectivity index (χ1) is 10.2. The zero-order valence-electron chi connectivity index (χ0n) is 12.0. The number of rotatable bonds is 3. The number of pyridine rings is 1. The number of halogens is 1. The van der Waals surface area contributed by atoms with Crippen LogP contribution >= 0.6 is 15.9 Å². The van der Waals surface area contributed by atoms with Gasteiger partial charge in [-0.25, -0.2) is 0 Å². The van der Waals surface area contributed by atoms with Gasteiger partial charge in [-0.1, -0.05) is 0 Å². The lowest BCUT2D eigenvalue weighted by atomic mass is 10.2. The smallest absolute Gasteiger partial charge is 0.255 e. The van der Waals surface area contributed by atoms with E-state index in [-0.39, 0.29) is 5.91 Å². The van der Waals surface area contributed by atoms with Crippen molar-refractivity contribution in [1.29, 1.82) is 0 Å². The summed E-state index contributed by atoms with van der Waals surface area (Å²) in [7, 11) is 0. The third-order valence-electron chi connectivity index (χ3n) is 4.10. The van der Waals surface area contributed by atoms with Crippen LogP contribution in [0.1, 0.15) is 23.2 Å². The number of carbonyl (C=O) groups excluding carboxylic acids is 1. The van der Waals surface area contributed by atoms with E-state index in [0.29, 0.717) is 11.7 Å². The molecule has 2 fully saturated rings. The average molecular weight is 354 g/mol. The Labute approximate surface area is 133 Å². The van der Waals surface area contributed by atoms with Gasteiger partial charge < -0.3 is 9.64 Å². The highest BCUT2D eigenvalue weighted by molar-refractivity contribution is 9.10. The van der Waals surface area contributed by atoms with Gasteiger partial charge in [-0.15, -0.1) is 0 Å². The minimum absolute atomic E-state index is 0.0700. The standard InChI is InChI=1S/C15H20BrN3O2/c16-13-8-12(9-17-10-13)15(20)19-5-3-18(4-6-19)11-14-2-1-7-21-14/h8-10,14H,1-7,11H2. The van der Waals surface area contributed by atoms with E-state index in [1.165, 1.54) is 12.8 Å². The van der Waals surface area contributed by atoms with Crippen LogP contribution in [0, 0.1) is 0 Å². The Balaban J connectivity index is 1.52. The molecule has 0 N–H and O–H groups in total. The SMILES string of the molecule is O=C(c1cncc(Br)c1)N1CCN(CC2CCCO2)CC1. The molecule has 2 aliphatic rings. The molecular formula is C15H20BrN3O2. The van der Waals surface area contributed by atoms with Gasteiger partial charge in [-0.2, -0.15) is 0 Å². The summed E-state index contributed by atoms with van der Waals surface area (Å²) in [5, 5.41) is 0. The summed E-state index contributed by atoms with van der Waals surface area (Å²) in [5.74, 6) is 0.0700. The Morgan fingerprint density at radius 2 is 2.14 bits per heavy atom. The predicted octanol–water partition coefficient (Wildman–Crippen LogP) is 1.78. The van der Waals surface area contributed by atoms with Crippen molar-refractivity contribution in [2.75, 3.05) is 39.3 Å². The molecule has 21 heavy (non-hydrogen) atoms. The fourth-order valence-corrected chi connectivity index (χ4v) is 3.29. The minimum Gasteiger partial charge on any atom is -0.377 e. The Kier molecular flexibility index (Phi) is 4.87. The first kappa shape index (κ1) is 14.9. The van der Waals surface area contributed by atoms with E-state index < -0.39 is 0 Å². The van der Waals surface area contributed by atoms with Crippen molar-refractivity contribution < 1.29 is 9.53 Å². The first-order valence-electron chi connectivity index (χ1n) is 7.46. The zero-order chi connectivity index (χ0) is 14.7. The molecule has 0 spiro atoms. The molecule has 1 aromatic heterocycles. The van der Waals surface area contributed by atoms with Gasteiger partial charge in [0, 0.05) is 56.2 Å². The van der Waals surface area contributed by atoms with Crippen molar-refractivity contribution in [3.8, 4) is 0 Å². The van der Waals surface area contributed by atoms with Crippen molar-refractivity contribution in [1.82, 2.24) is 14.8 Å². The summed E-state index contributed by atoms with van der Waals surface area (Å²) in [5.41, 5.74) is 0.650. The zero-order valence-corrected chi connectivity index (χ0v) is 13.6. The molecule has 0 saturated carbocycles. The number of ether oxygens (including phenoxy) is 1. The molecule has 2 aliphatic heterocycles. The van der Waals surface area contributed by atoms with Gasteiger partial charge in [0.05, 0.1) is 11.7 Å². The molecule has 2 saturated heterocycles. The lowest BCUT2D eigenvalue weighted by Gasteiger charge is -2.35. The summed E-state index contributed by atoms with van der Waals surface area (Å²) in [4.78, 5) is 20.8. The lowest BCUT2D eigenvalue weighted by Crippen LogP contribution is -2.50. The molecule has 3 rings (SSSR count). The van der Waals surface area contributed by atoms with Crippen molar-refractivity contribution >= 4 is 21.8 Å². The van der Waals surface area contributed by atoms with Gasteiger partial charge in [0.25, 0.3) is 5.91 Å². The Morgan fingerprint density at radius 1 is 1.33 bits per heavy atom. The lowest BCUT2D eigenvalue weighted by molar-refractivity contribution is 0.0432. The van der Waals surface area contributed by atoms with Crippen molar-refractivity contribution in [3.05, 3.63) is 28.5 Å². The molecule has 1 aromatic rings. The van der Waals surface area contributed by atoms with Gasteiger partial charge in [-0.05, 0) is 34.8 Å². The second-order valence-corrected chi connectivity index (χ2v) is 6.54. The molecule has 0 aliphatic carbocycles. The third kappa shape index (κ3) is 3.81. The molecule has 3 heterocycles. The van der Waals surface area contributed by atoms with Gasteiger partial charge in [0.1, 0.15) is 0 Å². The summed E-state index contributed by atoms with van der Waals surface area (Å²) < 4.78 is 6.52. The monoisotopic (exact) mass is 353 g/mol. The summed E-state index contributed by atoms with van der Waals surface area (Å²) in [6.45, 7) is 5.30. The number of nitrogens with zero attached hydrogens (tertiary/aromatic N) is 3. The molecule has 0 radical (unpaired) electrons. The highest BCUT2D eigenvalue weighted by Gasteiger charge is 2.25. The molecule has 114 valence electrons. The quantitative estimate of drug-likeness (QED) is 0.830. The van der Waals surface area contributed by atoms with Crippen molar-refractivity contribution in [3.63, 3.8) is 0 Å². The van der Waals surface area contributed by atoms with E-state index in [9.17, 15) is 4.79 Å². The van der Waals surface area contributed by atoms with Crippen LogP contribution in [-0.4, -0.2) is 66.1 Å². The largest absolute Gasteiger partial charge is 0.377 e. The van der Waals surface area contributed by atoms with Crippen molar-refractivity contribution in [2.24, 2.45) is 0 Å². The second-order valence-electron chi connectivity index (χ2n) is 5.62. The van der Waals surface area contributed by atoms with Crippen LogP contribution in [0.4, 0.5) is 0 Å². The second kappa shape index (κ2) is 6.85. The molecule has 0 bridgehead atoms. The van der Waals surface area contributed by atoms with E-state index in [1.807, 2.05) is 11.0 Å². The summed E-state index contributed by atoms with van der Waals surface area (Å²) >= 11 is 3.36. The molecule has 1 atom stereocenters. The van der Waals surface area contributed by atoms with E-state index in [1.54, 1.807) is 12.4 Å². The summed E-state index contributed by atoms with van der Waals surface area (Å²) in [6, 6.07) is 1.83. The molecule has 0 aromatic carbocycles.